The third-order valence-corrected chi connectivity index (χ3v) is 3.16. The van der Waals surface area contributed by atoms with Gasteiger partial charge in [0.25, 0.3) is 0 Å². The van der Waals surface area contributed by atoms with Crippen LogP contribution in [0.25, 0.3) is 0 Å². The summed E-state index contributed by atoms with van der Waals surface area (Å²) in [6.45, 7) is 7.59. The second kappa shape index (κ2) is 5.99. The molecular formula is C11H20NO5S-. The van der Waals surface area contributed by atoms with Crippen molar-refractivity contribution < 1.29 is 22.5 Å². The van der Waals surface area contributed by atoms with Gasteiger partial charge in [0, 0.05) is 6.54 Å². The maximum absolute atomic E-state index is 12.0. The van der Waals surface area contributed by atoms with E-state index in [1.807, 2.05) is 0 Å². The summed E-state index contributed by atoms with van der Waals surface area (Å²) < 4.78 is 31.0. The standard InChI is InChI=1S/C11H21NO5S/c1-8(17-18(14)15)9-6-5-7-12(9)10(13)16-11(2,3)4/h8-9H,5-7H2,1-4H3,(H,14,15)/p-1/t8?,9-/m0/s1. The Morgan fingerprint density at radius 2 is 2.11 bits per heavy atom. The van der Waals surface area contributed by atoms with Gasteiger partial charge in [0.2, 0.25) is 0 Å². The molecule has 1 heterocycles. The Kier molecular flexibility index (Phi) is 5.12. The second-order valence-electron chi connectivity index (χ2n) is 5.39. The molecule has 106 valence electrons. The predicted molar refractivity (Wildman–Crippen MR) is 65.4 cm³/mol. The van der Waals surface area contributed by atoms with Crippen molar-refractivity contribution in [3.63, 3.8) is 0 Å². The molecule has 7 heteroatoms. The van der Waals surface area contributed by atoms with Gasteiger partial charge in [-0.2, -0.15) is 0 Å². The lowest BCUT2D eigenvalue weighted by Crippen LogP contribution is -2.45. The number of rotatable bonds is 3. The highest BCUT2D eigenvalue weighted by Crippen LogP contribution is 2.24. The van der Waals surface area contributed by atoms with Gasteiger partial charge in [-0.25, -0.2) is 9.00 Å². The van der Waals surface area contributed by atoms with Gasteiger partial charge in [0.1, 0.15) is 5.60 Å². The Balaban J connectivity index is 2.64. The minimum absolute atomic E-state index is 0.252. The Morgan fingerprint density at radius 3 is 2.61 bits per heavy atom. The van der Waals surface area contributed by atoms with Crippen molar-refractivity contribution in [1.82, 2.24) is 4.90 Å². The number of likely N-dealkylation sites (tertiary alicyclic amines) is 1. The molecule has 1 aliphatic heterocycles. The van der Waals surface area contributed by atoms with Crippen LogP contribution < -0.4 is 0 Å². The van der Waals surface area contributed by atoms with Crippen molar-refractivity contribution in [2.75, 3.05) is 6.54 Å². The average Bonchev–Trinajstić information content (AvgIpc) is 2.61. The summed E-state index contributed by atoms with van der Waals surface area (Å²) in [5.74, 6) is 0. The van der Waals surface area contributed by atoms with E-state index in [1.54, 1.807) is 32.6 Å². The molecule has 0 aromatic carbocycles. The van der Waals surface area contributed by atoms with E-state index in [0.717, 1.165) is 12.8 Å². The first-order chi connectivity index (χ1) is 8.20. The van der Waals surface area contributed by atoms with Crippen molar-refractivity contribution in [2.24, 2.45) is 0 Å². The first-order valence-electron chi connectivity index (χ1n) is 5.97. The monoisotopic (exact) mass is 278 g/mol. The van der Waals surface area contributed by atoms with E-state index in [9.17, 15) is 13.6 Å². The maximum atomic E-state index is 12.0. The first kappa shape index (κ1) is 15.4. The number of carbonyl (C=O) groups excluding carboxylic acids is 1. The van der Waals surface area contributed by atoms with Crippen molar-refractivity contribution in [1.29, 1.82) is 0 Å². The highest BCUT2D eigenvalue weighted by molar-refractivity contribution is 7.74. The molecule has 0 spiro atoms. The van der Waals surface area contributed by atoms with Crippen LogP contribution in [-0.4, -0.2) is 44.0 Å². The minimum atomic E-state index is -2.57. The van der Waals surface area contributed by atoms with E-state index < -0.39 is 29.2 Å². The Morgan fingerprint density at radius 1 is 1.50 bits per heavy atom. The summed E-state index contributed by atoms with van der Waals surface area (Å²) in [6, 6.07) is -0.252. The van der Waals surface area contributed by atoms with Crippen LogP contribution in [0.15, 0.2) is 0 Å². The van der Waals surface area contributed by atoms with E-state index in [2.05, 4.69) is 0 Å². The molecule has 18 heavy (non-hydrogen) atoms. The third-order valence-electron chi connectivity index (χ3n) is 2.70. The van der Waals surface area contributed by atoms with Crippen molar-refractivity contribution in [2.45, 2.75) is 58.3 Å². The van der Waals surface area contributed by atoms with Crippen LogP contribution in [0.2, 0.25) is 0 Å². The first-order valence-corrected chi connectivity index (χ1v) is 6.97. The SMILES string of the molecule is CC(OS(=O)[O-])[C@@H]1CCCN1C(=O)OC(C)(C)C. The second-order valence-corrected chi connectivity index (χ2v) is 5.99. The van der Waals surface area contributed by atoms with Crippen molar-refractivity contribution >= 4 is 17.5 Å². The quantitative estimate of drug-likeness (QED) is 0.732. The van der Waals surface area contributed by atoms with E-state index in [1.165, 1.54) is 0 Å². The highest BCUT2D eigenvalue weighted by atomic mass is 32.2. The Labute approximate surface area is 110 Å². The van der Waals surface area contributed by atoms with E-state index in [-0.39, 0.29) is 6.04 Å². The van der Waals surface area contributed by atoms with Crippen LogP contribution in [0.5, 0.6) is 0 Å². The molecule has 1 aliphatic rings. The topological polar surface area (TPSA) is 78.9 Å². The lowest BCUT2D eigenvalue weighted by atomic mass is 10.1. The highest BCUT2D eigenvalue weighted by Gasteiger charge is 2.36. The number of hydrogen-bond donors (Lipinski definition) is 0. The summed E-state index contributed by atoms with van der Waals surface area (Å²) in [4.78, 5) is 13.5. The number of ether oxygens (including phenoxy) is 1. The van der Waals surface area contributed by atoms with Gasteiger partial charge in [-0.3, -0.25) is 4.18 Å². The zero-order chi connectivity index (χ0) is 13.9. The summed E-state index contributed by atoms with van der Waals surface area (Å²) in [7, 11) is 0. The summed E-state index contributed by atoms with van der Waals surface area (Å²) in [5.41, 5.74) is -0.560. The number of carbonyl (C=O) groups is 1. The van der Waals surface area contributed by atoms with Gasteiger partial charge in [-0.15, -0.1) is 0 Å². The summed E-state index contributed by atoms with van der Waals surface area (Å²) in [6.07, 6.45) is 0.566. The van der Waals surface area contributed by atoms with Crippen LogP contribution in [0, 0.1) is 0 Å². The van der Waals surface area contributed by atoms with Gasteiger partial charge in [0.15, 0.2) is 0 Å². The van der Waals surface area contributed by atoms with Gasteiger partial charge in [-0.1, -0.05) is 0 Å². The van der Waals surface area contributed by atoms with E-state index >= 15 is 0 Å². The molecule has 1 rings (SSSR count). The van der Waals surface area contributed by atoms with Crippen LogP contribution >= 0.6 is 0 Å². The molecule has 1 fully saturated rings. The molecule has 1 saturated heterocycles. The Bertz CT molecular complexity index is 328. The fraction of sp³-hybridized carbons (Fsp3) is 0.909. The van der Waals surface area contributed by atoms with Gasteiger partial charge in [-0.05, 0) is 40.5 Å². The maximum Gasteiger partial charge on any atom is 0.410 e. The van der Waals surface area contributed by atoms with E-state index in [4.69, 9.17) is 8.92 Å². The molecule has 3 atom stereocenters. The van der Waals surface area contributed by atoms with Crippen LogP contribution in [0.1, 0.15) is 40.5 Å². The lowest BCUT2D eigenvalue weighted by molar-refractivity contribution is 0.0114. The van der Waals surface area contributed by atoms with Crippen LogP contribution in [-0.2, 0) is 20.3 Å². The molecule has 0 aliphatic carbocycles. The number of nitrogens with zero attached hydrogens (tertiary/aromatic N) is 1. The van der Waals surface area contributed by atoms with Gasteiger partial charge < -0.3 is 14.2 Å². The summed E-state index contributed by atoms with van der Waals surface area (Å²) >= 11 is -2.57. The van der Waals surface area contributed by atoms with Crippen molar-refractivity contribution in [3.8, 4) is 0 Å². The van der Waals surface area contributed by atoms with Crippen LogP contribution in [0.4, 0.5) is 4.79 Å². The average molecular weight is 278 g/mol. The largest absolute Gasteiger partial charge is 0.750 e. The zero-order valence-corrected chi connectivity index (χ0v) is 12.0. The molecule has 0 aromatic heterocycles. The van der Waals surface area contributed by atoms with Gasteiger partial charge >= 0.3 is 6.09 Å². The van der Waals surface area contributed by atoms with E-state index in [0.29, 0.717) is 6.54 Å². The molecule has 0 radical (unpaired) electrons. The molecule has 0 N–H and O–H groups in total. The number of hydrogen-bond acceptors (Lipinski definition) is 5. The predicted octanol–water partition coefficient (Wildman–Crippen LogP) is 1.59. The molecule has 0 saturated carbocycles. The Hall–Kier alpha value is -0.660. The zero-order valence-electron chi connectivity index (χ0n) is 11.2. The summed E-state index contributed by atoms with van der Waals surface area (Å²) in [5, 5.41) is 0. The molecule has 6 nitrogen and oxygen atoms in total. The number of amides is 1. The van der Waals surface area contributed by atoms with Crippen LogP contribution in [0.3, 0.4) is 0 Å². The molecule has 1 amide bonds. The van der Waals surface area contributed by atoms with Gasteiger partial charge in [0.05, 0.1) is 23.5 Å². The molecule has 2 unspecified atom stereocenters. The van der Waals surface area contributed by atoms with Crippen molar-refractivity contribution in [3.05, 3.63) is 0 Å². The molecular weight excluding hydrogens is 258 g/mol. The lowest BCUT2D eigenvalue weighted by Gasteiger charge is -2.31. The molecule has 0 aromatic rings. The normalized spacial score (nSPS) is 23.8. The molecule has 0 bridgehead atoms. The smallest absolute Gasteiger partial charge is 0.410 e. The fourth-order valence-electron chi connectivity index (χ4n) is 2.02. The fourth-order valence-corrected chi connectivity index (χ4v) is 2.39. The minimum Gasteiger partial charge on any atom is -0.750 e. The third kappa shape index (κ3) is 4.55.